The molecule has 2 aromatic heterocycles. The molecule has 1 fully saturated rings. The van der Waals surface area contributed by atoms with Gasteiger partial charge in [0.15, 0.2) is 22.9 Å². The van der Waals surface area contributed by atoms with E-state index in [0.717, 1.165) is 5.56 Å². The van der Waals surface area contributed by atoms with Gasteiger partial charge in [0.2, 0.25) is 5.88 Å². The molecule has 1 saturated heterocycles. The molecular weight excluding hydrogens is 443 g/mol. The lowest BCUT2D eigenvalue weighted by Gasteiger charge is -2.34. The zero-order valence-electron chi connectivity index (χ0n) is 17.7. The number of nitrogens with zero attached hydrogens (tertiary/aromatic N) is 4. The molecule has 2 aromatic rings. The Labute approximate surface area is 187 Å². The van der Waals surface area contributed by atoms with E-state index in [1.165, 1.54) is 11.0 Å². The number of carbonyl (C=O) groups is 1. The Morgan fingerprint density at radius 2 is 2.09 bits per heavy atom. The first kappa shape index (κ1) is 22.8. The first-order chi connectivity index (χ1) is 15.7. The van der Waals surface area contributed by atoms with Crippen LogP contribution in [0.4, 0.5) is 24.9 Å². The molecule has 0 saturated carbocycles. The number of nitrogens with one attached hydrogen (secondary N) is 1. The van der Waals surface area contributed by atoms with Crippen LogP contribution in [0, 0.1) is 0 Å². The highest BCUT2D eigenvalue weighted by Crippen LogP contribution is 2.38. The summed E-state index contributed by atoms with van der Waals surface area (Å²) in [5.74, 6) is -0.720. The molecule has 0 atom stereocenters. The topological polar surface area (TPSA) is 103 Å². The summed E-state index contributed by atoms with van der Waals surface area (Å²) in [6.45, 7) is 1.58. The summed E-state index contributed by atoms with van der Waals surface area (Å²) in [7, 11) is 0. The molecule has 0 bridgehead atoms. The second-order valence-corrected chi connectivity index (χ2v) is 7.46. The normalized spacial score (nSPS) is 18.0. The minimum Gasteiger partial charge on any atom is -0.504 e. The van der Waals surface area contributed by atoms with Gasteiger partial charge in [-0.25, -0.2) is 19.8 Å². The van der Waals surface area contributed by atoms with E-state index in [9.17, 15) is 23.1 Å². The molecule has 2 N–H and O–H groups in total. The Kier molecular flexibility index (Phi) is 6.38. The Bertz CT molecular complexity index is 1090. The smallest absolute Gasteiger partial charge is 0.401 e. The molecule has 176 valence electrons. The van der Waals surface area contributed by atoms with Crippen LogP contribution >= 0.6 is 0 Å². The quantitative estimate of drug-likeness (QED) is 0.627. The number of allylic oxidation sites excluding steroid dienone is 1. The van der Waals surface area contributed by atoms with Crippen LogP contribution in [-0.2, 0) is 4.74 Å². The van der Waals surface area contributed by atoms with Gasteiger partial charge in [-0.05, 0) is 25.1 Å². The van der Waals surface area contributed by atoms with E-state index in [1.54, 1.807) is 30.4 Å². The number of anilines is 1. The number of carbonyl (C=O) groups excluding carboxylic acids is 1. The third kappa shape index (κ3) is 5.17. The lowest BCUT2D eigenvalue weighted by molar-refractivity contribution is -0.148. The van der Waals surface area contributed by atoms with E-state index in [-0.39, 0.29) is 50.0 Å². The van der Waals surface area contributed by atoms with Crippen LogP contribution in [0.3, 0.4) is 0 Å². The summed E-state index contributed by atoms with van der Waals surface area (Å²) in [5, 5.41) is 12.3. The molecule has 2 aliphatic rings. The second kappa shape index (κ2) is 9.24. The molecule has 0 aliphatic carbocycles. The number of piperazine rings is 1. The van der Waals surface area contributed by atoms with Gasteiger partial charge in [-0.3, -0.25) is 10.3 Å². The van der Waals surface area contributed by atoms with E-state index < -0.39 is 24.4 Å². The predicted molar refractivity (Wildman–Crippen MR) is 114 cm³/mol. The molecular formula is C21H22F3N5O4. The standard InChI is InChI=1S/C21H22F3N5O4/c1-2-32-20(31)16-17(30)15(10-13-11-26-18-14(13)4-3-5-25-18)33-19(16)27-29-8-6-28(7-9-29)12-21(22,23)24/h3-5,10-11,27,30H,2,6-9,12H2,1H3/b13-10+. The maximum atomic E-state index is 12.6. The number of aliphatic imine (C=N–C) groups is 1. The molecule has 2 aliphatic heterocycles. The van der Waals surface area contributed by atoms with Gasteiger partial charge in [0.1, 0.15) is 0 Å². The third-order valence-electron chi connectivity index (χ3n) is 5.13. The van der Waals surface area contributed by atoms with E-state index >= 15 is 0 Å². The van der Waals surface area contributed by atoms with Crippen LogP contribution in [0.1, 0.15) is 28.6 Å². The van der Waals surface area contributed by atoms with Gasteiger partial charge >= 0.3 is 12.1 Å². The molecule has 0 amide bonds. The molecule has 0 aromatic carbocycles. The number of hydrogen-bond acceptors (Lipinski definition) is 9. The maximum Gasteiger partial charge on any atom is 0.401 e. The van der Waals surface area contributed by atoms with E-state index in [2.05, 4.69) is 15.4 Å². The van der Waals surface area contributed by atoms with Crippen molar-refractivity contribution >= 4 is 35.5 Å². The van der Waals surface area contributed by atoms with Gasteiger partial charge in [-0.2, -0.15) is 13.2 Å². The minimum absolute atomic E-state index is 0.00872. The monoisotopic (exact) mass is 465 g/mol. The molecule has 0 radical (unpaired) electrons. The number of aromatic hydroxyl groups is 1. The van der Waals surface area contributed by atoms with Crippen LogP contribution in [0.2, 0.25) is 0 Å². The van der Waals surface area contributed by atoms with Crippen LogP contribution in [-0.4, -0.2) is 77.7 Å². The Morgan fingerprint density at radius 1 is 1.33 bits per heavy atom. The number of hydrogen-bond donors (Lipinski definition) is 2. The van der Waals surface area contributed by atoms with Gasteiger partial charge in [0.05, 0.1) is 13.2 Å². The first-order valence-electron chi connectivity index (χ1n) is 10.3. The van der Waals surface area contributed by atoms with Crippen molar-refractivity contribution in [1.82, 2.24) is 14.9 Å². The average molecular weight is 465 g/mol. The lowest BCUT2D eigenvalue weighted by atomic mass is 10.1. The summed E-state index contributed by atoms with van der Waals surface area (Å²) in [6, 6.07) is 3.56. The van der Waals surface area contributed by atoms with Crippen LogP contribution in [0.15, 0.2) is 27.7 Å². The number of fused-ring (bicyclic) bond motifs is 1. The number of pyridine rings is 1. The van der Waals surface area contributed by atoms with Crippen LogP contribution < -0.4 is 5.43 Å². The number of alkyl halides is 3. The van der Waals surface area contributed by atoms with Crippen LogP contribution in [0.25, 0.3) is 11.6 Å². The Hall–Kier alpha value is -3.38. The fourth-order valence-corrected chi connectivity index (χ4v) is 3.61. The van der Waals surface area contributed by atoms with Crippen LogP contribution in [0.5, 0.6) is 5.75 Å². The van der Waals surface area contributed by atoms with E-state index in [4.69, 9.17) is 9.15 Å². The van der Waals surface area contributed by atoms with Gasteiger partial charge in [-0.1, -0.05) is 0 Å². The zero-order chi connectivity index (χ0) is 23.6. The lowest BCUT2D eigenvalue weighted by Crippen LogP contribution is -2.50. The summed E-state index contributed by atoms with van der Waals surface area (Å²) in [6.07, 6.45) is 0.441. The van der Waals surface area contributed by atoms with E-state index in [1.807, 2.05) is 6.07 Å². The average Bonchev–Trinajstić information content (AvgIpc) is 3.30. The van der Waals surface area contributed by atoms with Crippen molar-refractivity contribution in [2.45, 2.75) is 13.1 Å². The summed E-state index contributed by atoms with van der Waals surface area (Å²) in [4.78, 5) is 22.1. The predicted octanol–water partition coefficient (Wildman–Crippen LogP) is 3.32. The molecule has 33 heavy (non-hydrogen) atoms. The highest BCUT2D eigenvalue weighted by molar-refractivity contribution is 6.21. The minimum atomic E-state index is -4.26. The summed E-state index contributed by atoms with van der Waals surface area (Å²) >= 11 is 0. The van der Waals surface area contributed by atoms with Crippen molar-refractivity contribution in [2.24, 2.45) is 4.99 Å². The van der Waals surface area contributed by atoms with Crippen molar-refractivity contribution in [3.63, 3.8) is 0 Å². The second-order valence-electron chi connectivity index (χ2n) is 7.46. The van der Waals surface area contributed by atoms with E-state index in [0.29, 0.717) is 11.4 Å². The van der Waals surface area contributed by atoms with Crippen molar-refractivity contribution in [3.8, 4) is 5.75 Å². The summed E-state index contributed by atoms with van der Waals surface area (Å²) < 4.78 is 48.7. The molecule has 0 unspecified atom stereocenters. The van der Waals surface area contributed by atoms with Gasteiger partial charge in [-0.15, -0.1) is 0 Å². The number of esters is 1. The third-order valence-corrected chi connectivity index (χ3v) is 5.13. The van der Waals surface area contributed by atoms with Gasteiger partial charge < -0.3 is 14.3 Å². The number of furan rings is 1. The largest absolute Gasteiger partial charge is 0.504 e. The number of ether oxygens (including phenoxy) is 1. The zero-order valence-corrected chi connectivity index (χ0v) is 17.7. The Morgan fingerprint density at radius 3 is 2.79 bits per heavy atom. The van der Waals surface area contributed by atoms with Gasteiger partial charge in [0, 0.05) is 49.7 Å². The molecule has 12 heteroatoms. The molecule has 9 nitrogen and oxygen atoms in total. The SMILES string of the molecule is CCOC(=O)c1c(NN2CCN(CC(F)(F)F)CC2)oc(/C=C2\C=Nc3ncccc32)c1O. The van der Waals surface area contributed by atoms with Crippen molar-refractivity contribution < 1.29 is 32.2 Å². The van der Waals surface area contributed by atoms with Crippen molar-refractivity contribution in [2.75, 3.05) is 44.8 Å². The van der Waals surface area contributed by atoms with Gasteiger partial charge in [0.25, 0.3) is 0 Å². The maximum absolute atomic E-state index is 12.6. The molecule has 0 spiro atoms. The number of aromatic nitrogens is 1. The number of rotatable bonds is 6. The van der Waals surface area contributed by atoms with Crippen molar-refractivity contribution in [3.05, 3.63) is 35.2 Å². The van der Waals surface area contributed by atoms with Crippen molar-refractivity contribution in [1.29, 1.82) is 0 Å². The summed E-state index contributed by atoms with van der Waals surface area (Å²) in [5.41, 5.74) is 4.08. The number of halogens is 3. The molecule has 4 heterocycles. The fourth-order valence-electron chi connectivity index (χ4n) is 3.61. The fraction of sp³-hybridized carbons (Fsp3) is 0.381. The number of hydrazine groups is 1. The highest BCUT2D eigenvalue weighted by Gasteiger charge is 2.33. The Balaban J connectivity index is 1.56. The molecule has 4 rings (SSSR count). The first-order valence-corrected chi connectivity index (χ1v) is 10.3. The highest BCUT2D eigenvalue weighted by atomic mass is 19.4.